The lowest BCUT2D eigenvalue weighted by molar-refractivity contribution is -0.155. The van der Waals surface area contributed by atoms with Crippen LogP contribution in [0.5, 0.6) is 0 Å². The molecular weight excluding hydrogens is 312 g/mol. The first kappa shape index (κ1) is 19.5. The smallest absolute Gasteiger partial charge is 0.326 e. The normalized spacial score (nSPS) is 13.2. The molecule has 3 N–H and O–H groups in total. The Balaban J connectivity index is 2.97. The third-order valence-corrected chi connectivity index (χ3v) is 3.47. The lowest BCUT2D eigenvalue weighted by Crippen LogP contribution is -2.52. The van der Waals surface area contributed by atoms with Crippen molar-refractivity contribution in [3.8, 4) is 0 Å². The van der Waals surface area contributed by atoms with Gasteiger partial charge in [-0.1, -0.05) is 32.0 Å². The highest BCUT2D eigenvalue weighted by Crippen LogP contribution is 2.15. The lowest BCUT2D eigenvalue weighted by atomic mass is 10.0. The molecule has 7 nitrogen and oxygen atoms in total. The van der Waals surface area contributed by atoms with Crippen LogP contribution in [0, 0.1) is 5.92 Å². The van der Waals surface area contributed by atoms with E-state index in [0.717, 1.165) is 4.90 Å². The van der Waals surface area contributed by atoms with E-state index in [1.807, 2.05) is 19.9 Å². The molecule has 1 aromatic carbocycles. The maximum absolute atomic E-state index is 12.6. The van der Waals surface area contributed by atoms with E-state index in [4.69, 9.17) is 5.11 Å². The molecule has 0 aliphatic heterocycles. The van der Waals surface area contributed by atoms with Crippen molar-refractivity contribution in [2.24, 2.45) is 5.92 Å². The van der Waals surface area contributed by atoms with Gasteiger partial charge in [-0.2, -0.15) is 0 Å². The van der Waals surface area contributed by atoms with E-state index in [2.05, 4.69) is 5.32 Å². The maximum atomic E-state index is 12.6. The Hall–Kier alpha value is -2.57. The topological polar surface area (TPSA) is 107 Å². The molecule has 0 spiro atoms. The third-order valence-electron chi connectivity index (χ3n) is 3.47. The molecule has 132 valence electrons. The quantitative estimate of drug-likeness (QED) is 0.636. The first-order valence-electron chi connectivity index (χ1n) is 7.79. The average molecular weight is 336 g/mol. The Bertz CT molecular complexity index is 574. The zero-order valence-corrected chi connectivity index (χ0v) is 14.1. The molecule has 2 unspecified atom stereocenters. The predicted octanol–water partition coefficient (Wildman–Crippen LogP) is 1.90. The number of nitrogens with one attached hydrogen (secondary N) is 1. The third kappa shape index (κ3) is 5.91. The van der Waals surface area contributed by atoms with Crippen LogP contribution in [0.15, 0.2) is 30.3 Å². The fourth-order valence-electron chi connectivity index (χ4n) is 2.39. The molecule has 0 bridgehead atoms. The molecule has 0 aromatic heterocycles. The van der Waals surface area contributed by atoms with Crippen LogP contribution in [0.3, 0.4) is 0 Å². The first-order valence-corrected chi connectivity index (χ1v) is 7.79. The number of carboxylic acid groups (broad SMARTS) is 2. The van der Waals surface area contributed by atoms with Crippen molar-refractivity contribution >= 4 is 23.5 Å². The second-order valence-corrected chi connectivity index (χ2v) is 6.08. The highest BCUT2D eigenvalue weighted by atomic mass is 16.4. The van der Waals surface area contributed by atoms with Crippen molar-refractivity contribution in [2.45, 2.75) is 39.3 Å². The molecule has 0 aliphatic carbocycles. The van der Waals surface area contributed by atoms with Gasteiger partial charge in [0, 0.05) is 5.69 Å². The van der Waals surface area contributed by atoms with Crippen molar-refractivity contribution in [1.29, 1.82) is 0 Å². The van der Waals surface area contributed by atoms with Gasteiger partial charge < -0.3 is 20.4 Å². The summed E-state index contributed by atoms with van der Waals surface area (Å²) in [5, 5.41) is 21.4. The van der Waals surface area contributed by atoms with Crippen LogP contribution in [-0.4, -0.2) is 51.6 Å². The number of aliphatic carboxylic acids is 2. The SMILES string of the molecule is CC(C)CC(C(=O)O)N(CC(=O)O)C(=O)C(C)Nc1ccccc1. The summed E-state index contributed by atoms with van der Waals surface area (Å²) >= 11 is 0. The van der Waals surface area contributed by atoms with E-state index in [9.17, 15) is 19.5 Å². The van der Waals surface area contributed by atoms with E-state index < -0.39 is 36.5 Å². The highest BCUT2D eigenvalue weighted by molar-refractivity contribution is 5.91. The molecule has 0 saturated carbocycles. The van der Waals surface area contributed by atoms with Crippen LogP contribution >= 0.6 is 0 Å². The number of carboxylic acids is 2. The number of para-hydroxylation sites is 1. The monoisotopic (exact) mass is 336 g/mol. The number of nitrogens with zero attached hydrogens (tertiary/aromatic N) is 1. The summed E-state index contributed by atoms with van der Waals surface area (Å²) in [6, 6.07) is 7.05. The van der Waals surface area contributed by atoms with Gasteiger partial charge >= 0.3 is 11.9 Å². The van der Waals surface area contributed by atoms with Crippen molar-refractivity contribution < 1.29 is 24.6 Å². The van der Waals surface area contributed by atoms with Gasteiger partial charge in [0.25, 0.3) is 0 Å². The van der Waals surface area contributed by atoms with Gasteiger partial charge in [-0.05, 0) is 31.4 Å². The van der Waals surface area contributed by atoms with E-state index in [0.29, 0.717) is 5.69 Å². The molecule has 24 heavy (non-hydrogen) atoms. The Morgan fingerprint density at radius 3 is 2.12 bits per heavy atom. The van der Waals surface area contributed by atoms with E-state index in [-0.39, 0.29) is 12.3 Å². The summed E-state index contributed by atoms with van der Waals surface area (Å²) in [7, 11) is 0. The zero-order chi connectivity index (χ0) is 18.3. The molecule has 0 aliphatic rings. The maximum Gasteiger partial charge on any atom is 0.326 e. The number of hydrogen-bond donors (Lipinski definition) is 3. The highest BCUT2D eigenvalue weighted by Gasteiger charge is 2.34. The largest absolute Gasteiger partial charge is 0.480 e. The van der Waals surface area contributed by atoms with Gasteiger partial charge in [-0.3, -0.25) is 9.59 Å². The van der Waals surface area contributed by atoms with Crippen LogP contribution in [0.4, 0.5) is 5.69 Å². The fourth-order valence-corrected chi connectivity index (χ4v) is 2.39. The summed E-state index contributed by atoms with van der Waals surface area (Å²) in [6.45, 7) is 4.58. The number of carbonyl (C=O) groups excluding carboxylic acids is 1. The van der Waals surface area contributed by atoms with E-state index >= 15 is 0 Å². The summed E-state index contributed by atoms with van der Waals surface area (Å²) < 4.78 is 0. The molecule has 0 radical (unpaired) electrons. The van der Waals surface area contributed by atoms with Gasteiger partial charge in [0.15, 0.2) is 0 Å². The number of benzene rings is 1. The summed E-state index contributed by atoms with van der Waals surface area (Å²) in [5.74, 6) is -3.00. The van der Waals surface area contributed by atoms with Crippen LogP contribution in [0.1, 0.15) is 27.2 Å². The summed E-state index contributed by atoms with van der Waals surface area (Å²) in [6.07, 6.45) is 0.187. The Morgan fingerprint density at radius 1 is 1.08 bits per heavy atom. The average Bonchev–Trinajstić information content (AvgIpc) is 2.50. The summed E-state index contributed by atoms with van der Waals surface area (Å²) in [5.41, 5.74) is 0.698. The number of carbonyl (C=O) groups is 3. The molecule has 7 heteroatoms. The van der Waals surface area contributed by atoms with Gasteiger partial charge in [0.1, 0.15) is 18.6 Å². The van der Waals surface area contributed by atoms with Crippen molar-refractivity contribution in [3.05, 3.63) is 30.3 Å². The summed E-state index contributed by atoms with van der Waals surface area (Å²) in [4.78, 5) is 36.2. The molecule has 0 fully saturated rings. The van der Waals surface area contributed by atoms with Crippen LogP contribution in [0.25, 0.3) is 0 Å². The molecule has 1 rings (SSSR count). The fraction of sp³-hybridized carbons (Fsp3) is 0.471. The van der Waals surface area contributed by atoms with Crippen LogP contribution in [-0.2, 0) is 14.4 Å². The van der Waals surface area contributed by atoms with Crippen molar-refractivity contribution in [3.63, 3.8) is 0 Å². The van der Waals surface area contributed by atoms with Crippen molar-refractivity contribution in [2.75, 3.05) is 11.9 Å². The van der Waals surface area contributed by atoms with Gasteiger partial charge in [-0.15, -0.1) is 0 Å². The Kier molecular flexibility index (Phi) is 7.23. The molecule has 1 amide bonds. The molecular formula is C17H24N2O5. The van der Waals surface area contributed by atoms with Crippen LogP contribution in [0.2, 0.25) is 0 Å². The van der Waals surface area contributed by atoms with Gasteiger partial charge in [-0.25, -0.2) is 4.79 Å². The van der Waals surface area contributed by atoms with E-state index in [1.165, 1.54) is 0 Å². The number of hydrogen-bond acceptors (Lipinski definition) is 4. The standard InChI is InChI=1S/C17H24N2O5/c1-11(2)9-14(17(23)24)19(10-15(20)21)16(22)12(3)18-13-7-5-4-6-8-13/h4-8,11-12,14,18H,9-10H2,1-3H3,(H,20,21)(H,23,24). The second-order valence-electron chi connectivity index (χ2n) is 6.08. The van der Waals surface area contributed by atoms with Crippen molar-refractivity contribution in [1.82, 2.24) is 4.90 Å². The number of anilines is 1. The molecule has 0 heterocycles. The zero-order valence-electron chi connectivity index (χ0n) is 14.1. The van der Waals surface area contributed by atoms with Gasteiger partial charge in [0.2, 0.25) is 5.91 Å². The minimum atomic E-state index is -1.25. The first-order chi connectivity index (χ1) is 11.2. The van der Waals surface area contributed by atoms with E-state index in [1.54, 1.807) is 31.2 Å². The number of amides is 1. The molecule has 1 aromatic rings. The predicted molar refractivity (Wildman–Crippen MR) is 89.8 cm³/mol. The minimum Gasteiger partial charge on any atom is -0.480 e. The minimum absolute atomic E-state index is 0.00702. The number of rotatable bonds is 9. The lowest BCUT2D eigenvalue weighted by Gasteiger charge is -2.31. The Morgan fingerprint density at radius 2 is 1.67 bits per heavy atom. The molecule has 0 saturated heterocycles. The Labute approximate surface area is 141 Å². The van der Waals surface area contributed by atoms with Crippen LogP contribution < -0.4 is 5.32 Å². The molecule has 2 atom stereocenters. The van der Waals surface area contributed by atoms with Gasteiger partial charge in [0.05, 0.1) is 0 Å². The second kappa shape index (κ2) is 8.90.